The summed E-state index contributed by atoms with van der Waals surface area (Å²) in [6.45, 7) is 1.42. The minimum atomic E-state index is -0.246. The summed E-state index contributed by atoms with van der Waals surface area (Å²) in [6.07, 6.45) is 2.46. The van der Waals surface area contributed by atoms with E-state index in [1.165, 1.54) is 25.0 Å². The number of hydrogen-bond donors (Lipinski definition) is 0. The predicted octanol–water partition coefficient (Wildman–Crippen LogP) is 2.80. The van der Waals surface area contributed by atoms with Crippen molar-refractivity contribution >= 4 is 28.5 Å². The van der Waals surface area contributed by atoms with Crippen LogP contribution in [0, 0.1) is 15.3 Å². The fraction of sp³-hybridized carbons (Fsp3) is 0.417. The maximum Gasteiger partial charge on any atom is 0.255 e. The number of carbonyl (C=O) groups is 1. The Balaban J connectivity index is 1.93. The van der Waals surface area contributed by atoms with Crippen molar-refractivity contribution in [2.45, 2.75) is 19.4 Å². The van der Waals surface area contributed by atoms with E-state index in [0.29, 0.717) is 18.0 Å². The van der Waals surface area contributed by atoms with E-state index in [-0.39, 0.29) is 11.7 Å². The van der Waals surface area contributed by atoms with Gasteiger partial charge in [0.2, 0.25) is 0 Å². The fourth-order valence-corrected chi connectivity index (χ4v) is 3.06. The predicted molar refractivity (Wildman–Crippen MR) is 66.6 cm³/mol. The molecule has 1 fully saturated rings. The molecule has 1 aliphatic carbocycles. The molecule has 0 N–H and O–H groups in total. The lowest BCUT2D eigenvalue weighted by Gasteiger charge is -2.14. The molecule has 0 atom stereocenters. The second kappa shape index (κ2) is 3.68. The van der Waals surface area contributed by atoms with Gasteiger partial charge in [0.15, 0.2) is 0 Å². The molecular formula is C12H11FINO. The van der Waals surface area contributed by atoms with E-state index in [0.717, 1.165) is 15.7 Å². The molecule has 0 unspecified atom stereocenters. The average Bonchev–Trinajstić information content (AvgIpc) is 2.93. The summed E-state index contributed by atoms with van der Waals surface area (Å²) in [7, 11) is 0. The highest BCUT2D eigenvalue weighted by molar-refractivity contribution is 14.1. The number of fused-ring (bicyclic) bond motifs is 1. The molecule has 2 aliphatic rings. The van der Waals surface area contributed by atoms with E-state index >= 15 is 0 Å². The minimum Gasteiger partial charge on any atom is -0.334 e. The van der Waals surface area contributed by atoms with Gasteiger partial charge in [0.05, 0.1) is 5.56 Å². The topological polar surface area (TPSA) is 20.3 Å². The van der Waals surface area contributed by atoms with Crippen LogP contribution in [-0.4, -0.2) is 17.4 Å². The van der Waals surface area contributed by atoms with Crippen LogP contribution in [0.3, 0.4) is 0 Å². The fourth-order valence-electron chi connectivity index (χ4n) is 2.19. The van der Waals surface area contributed by atoms with Crippen molar-refractivity contribution in [2.24, 2.45) is 5.92 Å². The molecule has 2 nitrogen and oxygen atoms in total. The zero-order valence-electron chi connectivity index (χ0n) is 8.67. The molecule has 0 spiro atoms. The molecule has 84 valence electrons. The van der Waals surface area contributed by atoms with Crippen molar-refractivity contribution in [3.8, 4) is 0 Å². The lowest BCUT2D eigenvalue weighted by atomic mass is 10.1. The van der Waals surface area contributed by atoms with Gasteiger partial charge in [-0.15, -0.1) is 0 Å². The van der Waals surface area contributed by atoms with Gasteiger partial charge in [-0.05, 0) is 59.0 Å². The number of rotatable bonds is 2. The normalized spacial score (nSPS) is 19.1. The van der Waals surface area contributed by atoms with Crippen LogP contribution >= 0.6 is 22.6 Å². The Morgan fingerprint density at radius 2 is 2.19 bits per heavy atom. The first-order chi connectivity index (χ1) is 7.65. The molecule has 1 aromatic rings. The van der Waals surface area contributed by atoms with Crippen molar-refractivity contribution in [1.82, 2.24) is 4.90 Å². The maximum absolute atomic E-state index is 13.2. The molecule has 3 rings (SSSR count). The molecule has 1 aliphatic heterocycles. The zero-order chi connectivity index (χ0) is 11.3. The van der Waals surface area contributed by atoms with Crippen molar-refractivity contribution in [2.75, 3.05) is 6.54 Å². The standard InChI is InChI=1S/C12H11FINO/c13-9-3-8-6-15(5-7-1-2-7)12(16)11(8)10(14)4-9/h3-4,7H,1-2,5-6H2. The van der Waals surface area contributed by atoms with E-state index < -0.39 is 0 Å². The quantitative estimate of drug-likeness (QED) is 0.763. The van der Waals surface area contributed by atoms with E-state index in [9.17, 15) is 9.18 Å². The van der Waals surface area contributed by atoms with Crippen molar-refractivity contribution in [1.29, 1.82) is 0 Å². The van der Waals surface area contributed by atoms with Crippen molar-refractivity contribution < 1.29 is 9.18 Å². The maximum atomic E-state index is 13.2. The molecule has 0 bridgehead atoms. The molecule has 0 saturated heterocycles. The molecule has 1 aromatic carbocycles. The first-order valence-corrected chi connectivity index (χ1v) is 6.50. The van der Waals surface area contributed by atoms with Crippen LogP contribution < -0.4 is 0 Å². The van der Waals surface area contributed by atoms with Crippen LogP contribution in [0.15, 0.2) is 12.1 Å². The highest BCUT2D eigenvalue weighted by Gasteiger charge is 2.34. The third kappa shape index (κ3) is 1.73. The monoisotopic (exact) mass is 331 g/mol. The number of amides is 1. The molecule has 0 aromatic heterocycles. The summed E-state index contributed by atoms with van der Waals surface area (Å²) < 4.78 is 13.9. The Morgan fingerprint density at radius 3 is 2.88 bits per heavy atom. The average molecular weight is 331 g/mol. The van der Waals surface area contributed by atoms with Gasteiger partial charge < -0.3 is 4.90 Å². The molecule has 16 heavy (non-hydrogen) atoms. The van der Waals surface area contributed by atoms with Crippen LogP contribution in [0.4, 0.5) is 4.39 Å². The zero-order valence-corrected chi connectivity index (χ0v) is 10.8. The van der Waals surface area contributed by atoms with Gasteiger partial charge in [-0.2, -0.15) is 0 Å². The number of nitrogens with zero attached hydrogens (tertiary/aromatic N) is 1. The second-order valence-electron chi connectivity index (χ2n) is 4.55. The third-order valence-corrected chi connectivity index (χ3v) is 4.03. The third-order valence-electron chi connectivity index (χ3n) is 3.17. The van der Waals surface area contributed by atoms with Gasteiger partial charge in [0.25, 0.3) is 5.91 Å². The lowest BCUT2D eigenvalue weighted by molar-refractivity contribution is 0.0770. The molecule has 1 saturated carbocycles. The first kappa shape index (κ1) is 10.5. The van der Waals surface area contributed by atoms with Crippen LogP contribution in [0.5, 0.6) is 0 Å². The molecule has 0 radical (unpaired) electrons. The van der Waals surface area contributed by atoms with E-state index in [4.69, 9.17) is 0 Å². The summed E-state index contributed by atoms with van der Waals surface area (Å²) in [4.78, 5) is 13.9. The van der Waals surface area contributed by atoms with Crippen molar-refractivity contribution in [3.05, 3.63) is 32.6 Å². The van der Waals surface area contributed by atoms with Crippen molar-refractivity contribution in [3.63, 3.8) is 0 Å². The molecule has 4 heteroatoms. The summed E-state index contributed by atoms with van der Waals surface area (Å²) in [5, 5.41) is 0. The summed E-state index contributed by atoms with van der Waals surface area (Å²) in [5.41, 5.74) is 1.55. The molecular weight excluding hydrogens is 320 g/mol. The number of carbonyl (C=O) groups excluding carboxylic acids is 1. The Bertz CT molecular complexity index is 470. The van der Waals surface area contributed by atoms with Crippen LogP contribution in [0.2, 0.25) is 0 Å². The van der Waals surface area contributed by atoms with Gasteiger partial charge in [-0.1, -0.05) is 0 Å². The van der Waals surface area contributed by atoms with E-state index in [1.54, 1.807) is 0 Å². The smallest absolute Gasteiger partial charge is 0.255 e. The van der Waals surface area contributed by atoms with Crippen LogP contribution in [-0.2, 0) is 6.54 Å². The van der Waals surface area contributed by atoms with Gasteiger partial charge in [-0.3, -0.25) is 4.79 Å². The number of benzene rings is 1. The number of hydrogen-bond acceptors (Lipinski definition) is 1. The Morgan fingerprint density at radius 1 is 1.44 bits per heavy atom. The molecule has 1 heterocycles. The van der Waals surface area contributed by atoms with Gasteiger partial charge in [0, 0.05) is 16.7 Å². The minimum absolute atomic E-state index is 0.0753. The second-order valence-corrected chi connectivity index (χ2v) is 5.71. The summed E-state index contributed by atoms with van der Waals surface area (Å²) in [6, 6.07) is 2.92. The van der Waals surface area contributed by atoms with Gasteiger partial charge in [-0.25, -0.2) is 4.39 Å². The Labute approximate surface area is 107 Å². The Hall–Kier alpha value is -0.650. The summed E-state index contributed by atoms with van der Waals surface area (Å²) in [5.74, 6) is 0.510. The first-order valence-electron chi connectivity index (χ1n) is 5.42. The summed E-state index contributed by atoms with van der Waals surface area (Å²) >= 11 is 2.04. The van der Waals surface area contributed by atoms with Gasteiger partial charge >= 0.3 is 0 Å². The van der Waals surface area contributed by atoms with Gasteiger partial charge in [0.1, 0.15) is 5.82 Å². The SMILES string of the molecule is O=C1c2c(I)cc(F)cc2CN1CC1CC1. The van der Waals surface area contributed by atoms with Crippen LogP contribution in [0.25, 0.3) is 0 Å². The Kier molecular flexibility index (Phi) is 2.42. The van der Waals surface area contributed by atoms with E-state index in [2.05, 4.69) is 0 Å². The number of halogens is 2. The van der Waals surface area contributed by atoms with Crippen LogP contribution in [0.1, 0.15) is 28.8 Å². The largest absolute Gasteiger partial charge is 0.334 e. The van der Waals surface area contributed by atoms with E-state index in [1.807, 2.05) is 27.5 Å². The highest BCUT2D eigenvalue weighted by atomic mass is 127. The molecule has 1 amide bonds. The lowest BCUT2D eigenvalue weighted by Crippen LogP contribution is -2.26. The highest BCUT2D eigenvalue weighted by Crippen LogP contribution is 2.34.